The first-order chi connectivity index (χ1) is 17.2. The van der Waals surface area contributed by atoms with E-state index in [4.69, 9.17) is 23.2 Å². The largest absolute Gasteiger partial charge is 0.325 e. The molecule has 6 nitrogen and oxygen atoms in total. The van der Waals surface area contributed by atoms with Crippen LogP contribution in [0.5, 0.6) is 0 Å². The Kier molecular flexibility index (Phi) is 4.95. The van der Waals surface area contributed by atoms with Gasteiger partial charge in [-0.3, -0.25) is 24.1 Å². The third kappa shape index (κ3) is 2.85. The minimum atomic E-state index is -1.28. The van der Waals surface area contributed by atoms with E-state index in [1.165, 1.54) is 6.92 Å². The summed E-state index contributed by atoms with van der Waals surface area (Å²) in [6.45, 7) is 0.986. The van der Waals surface area contributed by atoms with E-state index in [1.54, 1.807) is 24.3 Å². The highest BCUT2D eigenvalue weighted by Crippen LogP contribution is 2.69. The summed E-state index contributed by atoms with van der Waals surface area (Å²) in [6, 6.07) is 21.1. The number of carbonyl (C=O) groups excluding carboxylic acids is 4. The molecule has 1 aliphatic heterocycles. The number of halogens is 2. The van der Waals surface area contributed by atoms with E-state index in [1.807, 2.05) is 48.5 Å². The average molecular weight is 519 g/mol. The van der Waals surface area contributed by atoms with Crippen LogP contribution in [0.2, 0.25) is 0 Å². The van der Waals surface area contributed by atoms with E-state index in [9.17, 15) is 19.2 Å². The van der Waals surface area contributed by atoms with E-state index >= 15 is 0 Å². The molecule has 0 spiro atoms. The predicted molar refractivity (Wildman–Crippen MR) is 135 cm³/mol. The monoisotopic (exact) mass is 518 g/mol. The van der Waals surface area contributed by atoms with Gasteiger partial charge in [-0.05, 0) is 53.4 Å². The van der Waals surface area contributed by atoms with E-state index in [0.717, 1.165) is 4.90 Å². The van der Waals surface area contributed by atoms with Crippen LogP contribution in [0.3, 0.4) is 0 Å². The maximum Gasteiger partial charge on any atom is 0.244 e. The van der Waals surface area contributed by atoms with Crippen molar-refractivity contribution in [3.05, 3.63) is 101 Å². The molecule has 0 aromatic heterocycles. The maximum atomic E-state index is 13.8. The Morgan fingerprint density at radius 3 is 1.58 bits per heavy atom. The molecule has 36 heavy (non-hydrogen) atoms. The molecule has 2 bridgehead atoms. The lowest BCUT2D eigenvalue weighted by Crippen LogP contribution is -2.57. The molecule has 1 heterocycles. The van der Waals surface area contributed by atoms with Crippen molar-refractivity contribution in [2.75, 3.05) is 11.9 Å². The Labute approximate surface area is 217 Å². The van der Waals surface area contributed by atoms with Crippen molar-refractivity contribution in [3.8, 4) is 0 Å². The van der Waals surface area contributed by atoms with Crippen molar-refractivity contribution in [3.63, 3.8) is 0 Å². The lowest BCUT2D eigenvalue weighted by molar-refractivity contribution is -0.142. The Bertz CT molecular complexity index is 1360. The molecule has 3 amide bonds. The number of imide groups is 1. The molecule has 3 aromatic carbocycles. The second-order valence-corrected chi connectivity index (χ2v) is 10.6. The summed E-state index contributed by atoms with van der Waals surface area (Å²) in [7, 11) is 0. The van der Waals surface area contributed by atoms with Crippen molar-refractivity contribution in [2.45, 2.75) is 16.7 Å². The van der Waals surface area contributed by atoms with Gasteiger partial charge in [0.25, 0.3) is 0 Å². The van der Waals surface area contributed by atoms with Gasteiger partial charge in [0.15, 0.2) is 5.78 Å². The number of ketones is 1. The van der Waals surface area contributed by atoms with Gasteiger partial charge in [0.05, 0.1) is 11.8 Å². The normalized spacial score (nSPS) is 27.4. The third-order valence-corrected chi connectivity index (χ3v) is 8.84. The molecule has 1 fully saturated rings. The minimum absolute atomic E-state index is 0.0922. The highest BCUT2D eigenvalue weighted by atomic mass is 35.5. The first-order valence-corrected chi connectivity index (χ1v) is 12.3. The summed E-state index contributed by atoms with van der Waals surface area (Å²) < 4.78 is 0. The molecule has 2 atom stereocenters. The van der Waals surface area contributed by atoms with Crippen LogP contribution in [-0.2, 0) is 24.1 Å². The summed E-state index contributed by atoms with van der Waals surface area (Å²) in [4.78, 5) is 50.3. The maximum absolute atomic E-state index is 13.8. The number of likely N-dealkylation sites (tertiary alicyclic amines) is 1. The molecular formula is C28H20Cl2N2O4. The van der Waals surface area contributed by atoms with Gasteiger partial charge in [0.2, 0.25) is 17.7 Å². The number of nitrogens with zero attached hydrogens (tertiary/aromatic N) is 1. The molecule has 180 valence electrons. The second kappa shape index (κ2) is 7.76. The zero-order chi connectivity index (χ0) is 25.4. The van der Waals surface area contributed by atoms with Crippen molar-refractivity contribution >= 4 is 52.4 Å². The average Bonchev–Trinajstić information content (AvgIpc) is 3.13. The van der Waals surface area contributed by atoms with Crippen LogP contribution < -0.4 is 5.32 Å². The lowest BCUT2D eigenvalue weighted by Gasteiger charge is -2.54. The number of hydrogen-bond donors (Lipinski definition) is 1. The minimum Gasteiger partial charge on any atom is -0.325 e. The Balaban J connectivity index is 1.37. The van der Waals surface area contributed by atoms with Crippen LogP contribution in [0.15, 0.2) is 72.8 Å². The van der Waals surface area contributed by atoms with Gasteiger partial charge in [-0.2, -0.15) is 0 Å². The van der Waals surface area contributed by atoms with Gasteiger partial charge < -0.3 is 5.32 Å². The van der Waals surface area contributed by atoms with Gasteiger partial charge in [-0.15, -0.1) is 23.2 Å². The van der Waals surface area contributed by atoms with Gasteiger partial charge in [0, 0.05) is 11.3 Å². The molecule has 7 rings (SSSR count). The highest BCUT2D eigenvalue weighted by Gasteiger charge is 2.73. The molecule has 8 heteroatoms. The molecule has 0 radical (unpaired) electrons. The molecule has 4 aliphatic rings. The molecule has 1 N–H and O–H groups in total. The number of rotatable bonds is 4. The van der Waals surface area contributed by atoms with Crippen LogP contribution in [0.4, 0.5) is 5.69 Å². The van der Waals surface area contributed by atoms with E-state index < -0.39 is 45.9 Å². The zero-order valence-corrected chi connectivity index (χ0v) is 20.6. The fraction of sp³-hybridized carbons (Fsp3) is 0.214. The highest BCUT2D eigenvalue weighted by molar-refractivity contribution is 6.36. The van der Waals surface area contributed by atoms with Crippen molar-refractivity contribution in [1.29, 1.82) is 0 Å². The Morgan fingerprint density at radius 1 is 0.778 bits per heavy atom. The number of carbonyl (C=O) groups is 4. The third-order valence-electron chi connectivity index (χ3n) is 7.55. The van der Waals surface area contributed by atoms with Crippen LogP contribution >= 0.6 is 23.2 Å². The van der Waals surface area contributed by atoms with E-state index in [-0.39, 0.29) is 5.78 Å². The standard InChI is InChI=1S/C28H20Cl2N2O4/c1-15(33)16-10-12-17(13-11-16)31-22(34)14-32-25(35)23-24(26(32)36)28(30)19-7-3-2-6-18(19)27(23,29)20-8-4-5-9-21(20)28/h2-13,23-24H,14H2,1H3,(H,31,34)/t23-,24+,27?,28?. The summed E-state index contributed by atoms with van der Waals surface area (Å²) in [5.74, 6) is -3.56. The van der Waals surface area contributed by atoms with Gasteiger partial charge in [-0.25, -0.2) is 0 Å². The SMILES string of the molecule is CC(=O)c1ccc(NC(=O)CN2C(=O)[C@@H]3[C@H](C2=O)C2(Cl)c4ccccc4C3(Cl)c3ccccc32)cc1. The summed E-state index contributed by atoms with van der Waals surface area (Å²) in [5, 5.41) is 2.69. The van der Waals surface area contributed by atoms with Crippen molar-refractivity contribution in [1.82, 2.24) is 4.90 Å². The molecule has 3 aromatic rings. The Morgan fingerprint density at radius 2 is 1.19 bits per heavy atom. The smallest absolute Gasteiger partial charge is 0.244 e. The number of benzene rings is 3. The zero-order valence-electron chi connectivity index (χ0n) is 19.1. The number of amides is 3. The second-order valence-electron chi connectivity index (χ2n) is 9.41. The first-order valence-electron chi connectivity index (χ1n) is 11.5. The predicted octanol–water partition coefficient (Wildman–Crippen LogP) is 4.42. The molecule has 3 aliphatic carbocycles. The molecule has 0 unspecified atom stereocenters. The number of Topliss-reactive ketones (excluding diaryl/α,β-unsaturated/α-hetero) is 1. The van der Waals surface area contributed by atoms with Crippen LogP contribution in [0, 0.1) is 11.8 Å². The van der Waals surface area contributed by atoms with Crippen LogP contribution in [0.25, 0.3) is 0 Å². The fourth-order valence-corrected chi connectivity index (χ4v) is 7.11. The fourth-order valence-electron chi connectivity index (χ4n) is 6.01. The van der Waals surface area contributed by atoms with Crippen LogP contribution in [-0.4, -0.2) is 34.9 Å². The van der Waals surface area contributed by atoms with Gasteiger partial charge in [0.1, 0.15) is 16.3 Å². The van der Waals surface area contributed by atoms with Crippen molar-refractivity contribution in [2.24, 2.45) is 11.8 Å². The van der Waals surface area contributed by atoms with Crippen LogP contribution in [0.1, 0.15) is 39.5 Å². The molecular weight excluding hydrogens is 499 g/mol. The topological polar surface area (TPSA) is 83.6 Å². The molecule has 0 saturated carbocycles. The Hall–Kier alpha value is -3.48. The summed E-state index contributed by atoms with van der Waals surface area (Å²) >= 11 is 14.7. The van der Waals surface area contributed by atoms with Gasteiger partial charge >= 0.3 is 0 Å². The van der Waals surface area contributed by atoms with Gasteiger partial charge in [-0.1, -0.05) is 48.5 Å². The van der Waals surface area contributed by atoms with E-state index in [0.29, 0.717) is 33.5 Å². The lowest BCUT2D eigenvalue weighted by atomic mass is 9.54. The summed E-state index contributed by atoms with van der Waals surface area (Å²) in [5.41, 5.74) is 3.79. The number of alkyl halides is 2. The number of hydrogen-bond acceptors (Lipinski definition) is 4. The quantitative estimate of drug-likeness (QED) is 0.314. The number of nitrogens with one attached hydrogen (secondary N) is 1. The van der Waals surface area contributed by atoms with E-state index in [2.05, 4.69) is 5.32 Å². The van der Waals surface area contributed by atoms with Crippen molar-refractivity contribution < 1.29 is 19.2 Å². The molecule has 1 saturated heterocycles. The summed E-state index contributed by atoms with van der Waals surface area (Å²) in [6.07, 6.45) is 0. The number of anilines is 1. The first kappa shape index (κ1) is 23.0.